The average molecular weight is 451 g/mol. The molecule has 0 heterocycles. The number of rotatable bonds is 8. The monoisotopic (exact) mass is 450 g/mol. The molecular formula is C25H26N2O4S. The fourth-order valence-electron chi connectivity index (χ4n) is 3.24. The molecule has 1 N–H and O–H groups in total. The van der Waals surface area contributed by atoms with Crippen molar-refractivity contribution in [2.75, 3.05) is 5.32 Å². The fraction of sp³-hybridized carbons (Fsp3) is 0.200. The molecule has 0 aromatic heterocycles. The standard InChI is InChI=1S/C25H26N2O4S/c1-18(2)27(17-20-8-5-4-6-9-20)32(30,31)24-14-12-21(13-15-24)25(29)26-23-11-7-10-22(16-23)19(3)28/h4-16,18H,17H2,1-3H3,(H,26,29). The molecule has 7 heteroatoms. The maximum absolute atomic E-state index is 13.2. The Hall–Kier alpha value is -3.29. The van der Waals surface area contributed by atoms with Gasteiger partial charge in [0, 0.05) is 29.4 Å². The summed E-state index contributed by atoms with van der Waals surface area (Å²) in [5.74, 6) is -0.486. The maximum atomic E-state index is 13.2. The molecule has 3 aromatic rings. The van der Waals surface area contributed by atoms with Gasteiger partial charge >= 0.3 is 0 Å². The first-order valence-electron chi connectivity index (χ1n) is 10.3. The van der Waals surface area contributed by atoms with Gasteiger partial charge in [0.15, 0.2) is 5.78 Å². The van der Waals surface area contributed by atoms with Crippen LogP contribution >= 0.6 is 0 Å². The van der Waals surface area contributed by atoms with Crippen LogP contribution in [0.5, 0.6) is 0 Å². The zero-order valence-electron chi connectivity index (χ0n) is 18.3. The molecule has 0 saturated carbocycles. The lowest BCUT2D eigenvalue weighted by atomic mass is 10.1. The van der Waals surface area contributed by atoms with Gasteiger partial charge in [-0.3, -0.25) is 9.59 Å². The summed E-state index contributed by atoms with van der Waals surface area (Å²) in [4.78, 5) is 24.2. The van der Waals surface area contributed by atoms with Gasteiger partial charge in [0.25, 0.3) is 5.91 Å². The highest BCUT2D eigenvalue weighted by molar-refractivity contribution is 7.89. The molecule has 0 atom stereocenters. The van der Waals surface area contributed by atoms with E-state index in [9.17, 15) is 18.0 Å². The number of carbonyl (C=O) groups is 2. The van der Waals surface area contributed by atoms with Gasteiger partial charge in [0.2, 0.25) is 10.0 Å². The van der Waals surface area contributed by atoms with E-state index in [2.05, 4.69) is 5.32 Å². The van der Waals surface area contributed by atoms with Crippen LogP contribution < -0.4 is 5.32 Å². The van der Waals surface area contributed by atoms with Crippen molar-refractivity contribution >= 4 is 27.4 Å². The van der Waals surface area contributed by atoms with Gasteiger partial charge < -0.3 is 5.32 Å². The summed E-state index contributed by atoms with van der Waals surface area (Å²) in [6.45, 7) is 5.38. The number of amides is 1. The minimum Gasteiger partial charge on any atom is -0.322 e. The van der Waals surface area contributed by atoms with E-state index in [0.29, 0.717) is 16.8 Å². The summed E-state index contributed by atoms with van der Waals surface area (Å²) in [5.41, 5.74) is 2.20. The number of benzene rings is 3. The molecule has 0 saturated heterocycles. The molecule has 3 rings (SSSR count). The maximum Gasteiger partial charge on any atom is 0.255 e. The Bertz CT molecular complexity index is 1200. The molecule has 0 aliphatic rings. The zero-order chi connectivity index (χ0) is 23.3. The molecule has 166 valence electrons. The van der Waals surface area contributed by atoms with E-state index >= 15 is 0 Å². The number of Topliss-reactive ketones (excluding diaryl/α,β-unsaturated/α-hetero) is 1. The normalized spacial score (nSPS) is 11.5. The largest absolute Gasteiger partial charge is 0.322 e. The predicted octanol–water partition coefficient (Wildman–Crippen LogP) is 4.74. The molecule has 0 fully saturated rings. The molecule has 0 aliphatic carbocycles. The molecular weight excluding hydrogens is 424 g/mol. The first-order chi connectivity index (χ1) is 15.2. The van der Waals surface area contributed by atoms with Crippen molar-refractivity contribution in [2.45, 2.75) is 38.3 Å². The fourth-order valence-corrected chi connectivity index (χ4v) is 4.87. The summed E-state index contributed by atoms with van der Waals surface area (Å²) < 4.78 is 27.9. The van der Waals surface area contributed by atoms with Crippen molar-refractivity contribution in [1.82, 2.24) is 4.31 Å². The molecule has 6 nitrogen and oxygen atoms in total. The SMILES string of the molecule is CC(=O)c1cccc(NC(=O)c2ccc(S(=O)(=O)N(Cc3ccccc3)C(C)C)cc2)c1. The van der Waals surface area contributed by atoms with Crippen molar-refractivity contribution in [3.63, 3.8) is 0 Å². The molecule has 1 amide bonds. The second-order valence-corrected chi connectivity index (χ2v) is 9.64. The minimum absolute atomic E-state index is 0.0964. The molecule has 32 heavy (non-hydrogen) atoms. The molecule has 0 spiro atoms. The van der Waals surface area contributed by atoms with Crippen LogP contribution in [0, 0.1) is 0 Å². The topological polar surface area (TPSA) is 83.5 Å². The number of nitrogens with one attached hydrogen (secondary N) is 1. The number of nitrogens with zero attached hydrogens (tertiary/aromatic N) is 1. The predicted molar refractivity (Wildman–Crippen MR) is 125 cm³/mol. The first-order valence-corrected chi connectivity index (χ1v) is 11.7. The number of hydrogen-bond donors (Lipinski definition) is 1. The Morgan fingerprint density at radius 1 is 0.875 bits per heavy atom. The quantitative estimate of drug-likeness (QED) is 0.503. The van der Waals surface area contributed by atoms with E-state index in [0.717, 1.165) is 5.56 Å². The van der Waals surface area contributed by atoms with Crippen LogP contribution in [0.15, 0.2) is 83.8 Å². The van der Waals surface area contributed by atoms with Gasteiger partial charge in [-0.2, -0.15) is 4.31 Å². The van der Waals surface area contributed by atoms with Crippen molar-refractivity contribution < 1.29 is 18.0 Å². The second-order valence-electron chi connectivity index (χ2n) is 7.75. The highest BCUT2D eigenvalue weighted by atomic mass is 32.2. The van der Waals surface area contributed by atoms with Gasteiger partial charge in [-0.15, -0.1) is 0 Å². The number of carbonyl (C=O) groups excluding carboxylic acids is 2. The summed E-state index contributed by atoms with van der Waals surface area (Å²) in [7, 11) is -3.75. The third-order valence-electron chi connectivity index (χ3n) is 5.01. The third kappa shape index (κ3) is 5.49. The Balaban J connectivity index is 1.79. The van der Waals surface area contributed by atoms with Crippen LogP contribution in [0.2, 0.25) is 0 Å². The van der Waals surface area contributed by atoms with Crippen LogP contribution in [0.25, 0.3) is 0 Å². The summed E-state index contributed by atoms with van der Waals surface area (Å²) in [6, 6.07) is 21.7. The smallest absolute Gasteiger partial charge is 0.255 e. The van der Waals surface area contributed by atoms with Crippen molar-refractivity contribution in [3.05, 3.63) is 95.6 Å². The van der Waals surface area contributed by atoms with E-state index in [1.807, 2.05) is 44.2 Å². The molecule has 0 unspecified atom stereocenters. The molecule has 3 aromatic carbocycles. The van der Waals surface area contributed by atoms with E-state index < -0.39 is 10.0 Å². The van der Waals surface area contributed by atoms with Crippen molar-refractivity contribution in [1.29, 1.82) is 0 Å². The molecule has 0 bridgehead atoms. The Morgan fingerprint density at radius 2 is 1.53 bits per heavy atom. The highest BCUT2D eigenvalue weighted by Gasteiger charge is 2.27. The van der Waals surface area contributed by atoms with Crippen LogP contribution in [0.1, 0.15) is 47.1 Å². The average Bonchev–Trinajstić information content (AvgIpc) is 2.78. The van der Waals surface area contributed by atoms with Crippen LogP contribution in [-0.4, -0.2) is 30.5 Å². The highest BCUT2D eigenvalue weighted by Crippen LogP contribution is 2.22. The Kier molecular flexibility index (Phi) is 7.22. The van der Waals surface area contributed by atoms with Crippen LogP contribution in [0.4, 0.5) is 5.69 Å². The van der Waals surface area contributed by atoms with Crippen molar-refractivity contribution in [2.24, 2.45) is 0 Å². The van der Waals surface area contributed by atoms with Crippen LogP contribution in [-0.2, 0) is 16.6 Å². The molecule has 0 aliphatic heterocycles. The summed E-state index contributed by atoms with van der Waals surface area (Å²) in [6.07, 6.45) is 0. The van der Waals surface area contributed by atoms with E-state index in [4.69, 9.17) is 0 Å². The van der Waals surface area contributed by atoms with Gasteiger partial charge in [-0.25, -0.2) is 8.42 Å². The van der Waals surface area contributed by atoms with Gasteiger partial charge in [0.05, 0.1) is 4.90 Å². The Morgan fingerprint density at radius 3 is 2.12 bits per heavy atom. The summed E-state index contributed by atoms with van der Waals surface area (Å²) >= 11 is 0. The van der Waals surface area contributed by atoms with Crippen LogP contribution in [0.3, 0.4) is 0 Å². The lowest BCUT2D eigenvalue weighted by Crippen LogP contribution is -2.36. The number of ketones is 1. The number of sulfonamides is 1. The lowest BCUT2D eigenvalue weighted by Gasteiger charge is -2.26. The summed E-state index contributed by atoms with van der Waals surface area (Å²) in [5, 5.41) is 2.73. The van der Waals surface area contributed by atoms with Gasteiger partial charge in [-0.1, -0.05) is 42.5 Å². The zero-order valence-corrected chi connectivity index (χ0v) is 19.1. The number of anilines is 1. The van der Waals surface area contributed by atoms with Crippen molar-refractivity contribution in [3.8, 4) is 0 Å². The lowest BCUT2D eigenvalue weighted by molar-refractivity contribution is 0.101. The molecule has 0 radical (unpaired) electrons. The first kappa shape index (κ1) is 23.4. The number of hydrogen-bond acceptors (Lipinski definition) is 4. The van der Waals surface area contributed by atoms with Gasteiger partial charge in [-0.05, 0) is 62.7 Å². The third-order valence-corrected chi connectivity index (χ3v) is 7.04. The van der Waals surface area contributed by atoms with Gasteiger partial charge in [0.1, 0.15) is 0 Å². The second kappa shape index (κ2) is 9.89. The van der Waals surface area contributed by atoms with E-state index in [-0.39, 0.29) is 29.2 Å². The minimum atomic E-state index is -3.75. The van der Waals surface area contributed by atoms with E-state index in [1.54, 1.807) is 24.3 Å². The Labute approximate surface area is 188 Å². The van der Waals surface area contributed by atoms with E-state index in [1.165, 1.54) is 35.5 Å².